The smallest absolute Gasteiger partial charge is 0.354 e. The SMILES string of the molecule is CCCNC(=O)[C@@H](CC)N(Cc1cccc(C)c1)C(=O)CN(c1ccc(Cl)c(C(F)(F)F)c1)S(C)(=O)=O. The molecule has 7 nitrogen and oxygen atoms in total. The predicted molar refractivity (Wildman–Crippen MR) is 138 cm³/mol. The van der Waals surface area contributed by atoms with Crippen molar-refractivity contribution >= 4 is 39.1 Å². The fraction of sp³-hybridized carbons (Fsp3) is 0.440. The minimum Gasteiger partial charge on any atom is -0.354 e. The molecule has 12 heteroatoms. The van der Waals surface area contributed by atoms with Crippen molar-refractivity contribution in [1.29, 1.82) is 0 Å². The maximum Gasteiger partial charge on any atom is 0.417 e. The largest absolute Gasteiger partial charge is 0.417 e. The van der Waals surface area contributed by atoms with E-state index in [0.29, 0.717) is 28.9 Å². The molecule has 0 aliphatic carbocycles. The summed E-state index contributed by atoms with van der Waals surface area (Å²) in [5.41, 5.74) is 0.0418. The minimum atomic E-state index is -4.83. The van der Waals surface area contributed by atoms with Crippen LogP contribution in [0.3, 0.4) is 0 Å². The van der Waals surface area contributed by atoms with Gasteiger partial charge < -0.3 is 10.2 Å². The number of hydrogen-bond donors (Lipinski definition) is 1. The molecular formula is C25H31ClF3N3O4S. The van der Waals surface area contributed by atoms with Gasteiger partial charge in [-0.1, -0.05) is 55.3 Å². The van der Waals surface area contributed by atoms with E-state index in [2.05, 4.69) is 5.32 Å². The van der Waals surface area contributed by atoms with Crippen molar-refractivity contribution in [2.24, 2.45) is 0 Å². The van der Waals surface area contributed by atoms with E-state index < -0.39 is 51.2 Å². The predicted octanol–water partition coefficient (Wildman–Crippen LogP) is 4.77. The average Bonchev–Trinajstić information content (AvgIpc) is 2.80. The summed E-state index contributed by atoms with van der Waals surface area (Å²) in [7, 11) is -4.19. The first-order chi connectivity index (χ1) is 17.2. The summed E-state index contributed by atoms with van der Waals surface area (Å²) in [5.74, 6) is -1.14. The molecule has 0 aliphatic heterocycles. The molecule has 37 heavy (non-hydrogen) atoms. The number of carbonyl (C=O) groups is 2. The zero-order chi connectivity index (χ0) is 28.0. The summed E-state index contributed by atoms with van der Waals surface area (Å²) >= 11 is 5.69. The van der Waals surface area contributed by atoms with Crippen molar-refractivity contribution in [3.05, 3.63) is 64.2 Å². The van der Waals surface area contributed by atoms with Gasteiger partial charge in [-0.3, -0.25) is 13.9 Å². The highest BCUT2D eigenvalue weighted by molar-refractivity contribution is 7.92. The Morgan fingerprint density at radius 2 is 1.78 bits per heavy atom. The van der Waals surface area contributed by atoms with E-state index in [1.807, 2.05) is 26.0 Å². The van der Waals surface area contributed by atoms with Gasteiger partial charge in [0.2, 0.25) is 21.8 Å². The number of hydrogen-bond acceptors (Lipinski definition) is 4. The van der Waals surface area contributed by atoms with Crippen molar-refractivity contribution in [3.8, 4) is 0 Å². The van der Waals surface area contributed by atoms with Gasteiger partial charge >= 0.3 is 6.18 Å². The summed E-state index contributed by atoms with van der Waals surface area (Å²) in [6.07, 6.45) is -3.13. The second-order valence-electron chi connectivity index (χ2n) is 8.66. The van der Waals surface area contributed by atoms with Crippen molar-refractivity contribution < 1.29 is 31.2 Å². The molecule has 0 radical (unpaired) electrons. The average molecular weight is 562 g/mol. The van der Waals surface area contributed by atoms with Crippen LogP contribution in [0.2, 0.25) is 5.02 Å². The Labute approximate surface area is 220 Å². The van der Waals surface area contributed by atoms with Crippen LogP contribution in [0.4, 0.5) is 18.9 Å². The lowest BCUT2D eigenvalue weighted by Crippen LogP contribution is -2.52. The number of nitrogens with zero attached hydrogens (tertiary/aromatic N) is 2. The van der Waals surface area contributed by atoms with E-state index in [1.54, 1.807) is 19.1 Å². The molecule has 0 fully saturated rings. The lowest BCUT2D eigenvalue weighted by Gasteiger charge is -2.33. The maximum atomic E-state index is 13.6. The van der Waals surface area contributed by atoms with Crippen LogP contribution in [0.25, 0.3) is 0 Å². The Kier molecular flexibility index (Phi) is 10.4. The molecule has 2 aromatic rings. The van der Waals surface area contributed by atoms with Gasteiger partial charge in [0, 0.05) is 13.1 Å². The Bertz CT molecular complexity index is 1220. The lowest BCUT2D eigenvalue weighted by atomic mass is 10.1. The van der Waals surface area contributed by atoms with Crippen LogP contribution in [0.15, 0.2) is 42.5 Å². The quantitative estimate of drug-likeness (QED) is 0.428. The van der Waals surface area contributed by atoms with Gasteiger partial charge in [-0.2, -0.15) is 13.2 Å². The molecule has 0 bridgehead atoms. The van der Waals surface area contributed by atoms with Crippen LogP contribution < -0.4 is 9.62 Å². The zero-order valence-electron chi connectivity index (χ0n) is 21.1. The molecule has 1 atom stereocenters. The van der Waals surface area contributed by atoms with Gasteiger partial charge in [0.05, 0.1) is 22.5 Å². The van der Waals surface area contributed by atoms with Crippen molar-refractivity contribution in [1.82, 2.24) is 10.2 Å². The number of benzene rings is 2. The summed E-state index contributed by atoms with van der Waals surface area (Å²) < 4.78 is 66.1. The van der Waals surface area contributed by atoms with Gasteiger partial charge in [0.25, 0.3) is 0 Å². The van der Waals surface area contributed by atoms with Crippen LogP contribution in [0, 0.1) is 6.92 Å². The van der Waals surface area contributed by atoms with Gasteiger partial charge in [0.15, 0.2) is 0 Å². The third kappa shape index (κ3) is 8.36. The Morgan fingerprint density at radius 3 is 2.32 bits per heavy atom. The minimum absolute atomic E-state index is 0.00455. The fourth-order valence-electron chi connectivity index (χ4n) is 3.79. The van der Waals surface area contributed by atoms with Crippen LogP contribution in [-0.2, 0) is 32.3 Å². The molecule has 0 aromatic heterocycles. The number of sulfonamides is 1. The zero-order valence-corrected chi connectivity index (χ0v) is 22.7. The lowest BCUT2D eigenvalue weighted by molar-refractivity contribution is -0.140. The van der Waals surface area contributed by atoms with Crippen LogP contribution in [0.5, 0.6) is 0 Å². The highest BCUT2D eigenvalue weighted by atomic mass is 35.5. The third-order valence-corrected chi connectivity index (χ3v) is 7.06. The summed E-state index contributed by atoms with van der Waals surface area (Å²) in [6, 6.07) is 8.96. The molecule has 2 rings (SSSR count). The highest BCUT2D eigenvalue weighted by Gasteiger charge is 2.36. The molecule has 0 spiro atoms. The Balaban J connectivity index is 2.51. The van der Waals surface area contributed by atoms with Gasteiger partial charge in [0.1, 0.15) is 12.6 Å². The molecular weight excluding hydrogens is 531 g/mol. The Morgan fingerprint density at radius 1 is 1.11 bits per heavy atom. The first-order valence-electron chi connectivity index (χ1n) is 11.7. The second-order valence-corrected chi connectivity index (χ2v) is 11.0. The van der Waals surface area contributed by atoms with Crippen LogP contribution in [0.1, 0.15) is 43.4 Å². The number of halogens is 4. The Hall–Kier alpha value is -2.79. The van der Waals surface area contributed by atoms with E-state index in [1.165, 1.54) is 4.90 Å². The number of nitrogens with one attached hydrogen (secondary N) is 1. The summed E-state index contributed by atoms with van der Waals surface area (Å²) in [4.78, 5) is 27.7. The highest BCUT2D eigenvalue weighted by Crippen LogP contribution is 2.37. The first kappa shape index (κ1) is 30.4. The van der Waals surface area contributed by atoms with Crippen LogP contribution >= 0.6 is 11.6 Å². The molecule has 0 aliphatic rings. The van der Waals surface area contributed by atoms with Gasteiger partial charge in [-0.05, 0) is 43.5 Å². The van der Waals surface area contributed by atoms with E-state index in [0.717, 1.165) is 24.0 Å². The standard InChI is InChI=1S/C25H31ClF3N3O4S/c1-5-12-30-24(34)22(6-2)31(15-18-9-7-8-17(3)13-18)23(33)16-32(37(4,35)36)19-10-11-21(26)20(14-19)25(27,28)29/h7-11,13-14,22H,5-6,12,15-16H2,1-4H3,(H,30,34)/t22-/m1/s1. The molecule has 0 saturated carbocycles. The van der Waals surface area contributed by atoms with Crippen molar-refractivity contribution in [2.75, 3.05) is 23.7 Å². The molecule has 0 unspecified atom stereocenters. The number of alkyl halides is 3. The van der Waals surface area contributed by atoms with E-state index in [4.69, 9.17) is 11.6 Å². The topological polar surface area (TPSA) is 86.8 Å². The molecule has 0 heterocycles. The van der Waals surface area contributed by atoms with Gasteiger partial charge in [-0.15, -0.1) is 0 Å². The van der Waals surface area contributed by atoms with Crippen molar-refractivity contribution in [2.45, 2.75) is 52.4 Å². The maximum absolute atomic E-state index is 13.6. The number of rotatable bonds is 11. The fourth-order valence-corrected chi connectivity index (χ4v) is 4.86. The number of aryl methyl sites for hydroxylation is 1. The molecule has 204 valence electrons. The molecule has 1 N–H and O–H groups in total. The summed E-state index contributed by atoms with van der Waals surface area (Å²) in [5, 5.41) is 2.16. The van der Waals surface area contributed by atoms with E-state index in [-0.39, 0.29) is 18.7 Å². The number of anilines is 1. The van der Waals surface area contributed by atoms with E-state index >= 15 is 0 Å². The molecule has 0 saturated heterocycles. The first-order valence-corrected chi connectivity index (χ1v) is 13.9. The monoisotopic (exact) mass is 561 g/mol. The van der Waals surface area contributed by atoms with Crippen LogP contribution in [-0.4, -0.2) is 50.5 Å². The molecule has 2 amide bonds. The van der Waals surface area contributed by atoms with Crippen molar-refractivity contribution in [3.63, 3.8) is 0 Å². The second kappa shape index (κ2) is 12.6. The van der Waals surface area contributed by atoms with Gasteiger partial charge in [-0.25, -0.2) is 8.42 Å². The normalized spacial score (nSPS) is 12.6. The summed E-state index contributed by atoms with van der Waals surface area (Å²) in [6.45, 7) is 5.05. The molecule has 2 aromatic carbocycles. The third-order valence-electron chi connectivity index (χ3n) is 5.59. The van der Waals surface area contributed by atoms with E-state index in [9.17, 15) is 31.2 Å². The number of amides is 2. The number of carbonyl (C=O) groups excluding carboxylic acids is 2.